The summed E-state index contributed by atoms with van der Waals surface area (Å²) in [6.45, 7) is 4.10. The first-order chi connectivity index (χ1) is 13.7. The molecular formula is C24H23N3O. The highest BCUT2D eigenvalue weighted by Gasteiger charge is 2.21. The third-order valence-corrected chi connectivity index (χ3v) is 4.79. The second-order valence-corrected chi connectivity index (χ2v) is 6.95. The molecule has 1 unspecified atom stereocenters. The molecule has 4 aromatic rings. The zero-order chi connectivity index (χ0) is 19.3. The third kappa shape index (κ3) is 4.02. The average Bonchev–Trinajstić information content (AvgIpc) is 3.24. The summed E-state index contributed by atoms with van der Waals surface area (Å²) in [7, 11) is 0. The Balaban J connectivity index is 1.58. The minimum Gasteiger partial charge on any atom is -0.419 e. The predicted octanol–water partition coefficient (Wildman–Crippen LogP) is 5.49. The zero-order valence-electron chi connectivity index (χ0n) is 16.0. The summed E-state index contributed by atoms with van der Waals surface area (Å²) in [6, 6.07) is 28.8. The van der Waals surface area contributed by atoms with Gasteiger partial charge in [-0.1, -0.05) is 78.4 Å². The fourth-order valence-corrected chi connectivity index (χ4v) is 3.22. The van der Waals surface area contributed by atoms with Crippen molar-refractivity contribution in [1.29, 1.82) is 0 Å². The minimum absolute atomic E-state index is 0.0344. The van der Waals surface area contributed by atoms with Crippen LogP contribution in [0, 0.1) is 6.92 Å². The second-order valence-electron chi connectivity index (χ2n) is 6.95. The van der Waals surface area contributed by atoms with E-state index in [-0.39, 0.29) is 12.1 Å². The lowest BCUT2D eigenvalue weighted by Gasteiger charge is -2.22. The fraction of sp³-hybridized carbons (Fsp3) is 0.167. The molecule has 4 heteroatoms. The van der Waals surface area contributed by atoms with E-state index in [4.69, 9.17) is 4.42 Å². The maximum atomic E-state index is 5.96. The van der Waals surface area contributed by atoms with Crippen LogP contribution in [0.4, 0.5) is 0 Å². The van der Waals surface area contributed by atoms with Crippen LogP contribution in [-0.2, 0) is 0 Å². The van der Waals surface area contributed by atoms with E-state index in [0.717, 1.165) is 5.56 Å². The van der Waals surface area contributed by atoms with Crippen LogP contribution < -0.4 is 5.32 Å². The summed E-state index contributed by atoms with van der Waals surface area (Å²) in [5.41, 5.74) is 4.52. The van der Waals surface area contributed by atoms with Crippen LogP contribution in [0.5, 0.6) is 0 Å². The summed E-state index contributed by atoms with van der Waals surface area (Å²) in [5, 5.41) is 12.2. The summed E-state index contributed by atoms with van der Waals surface area (Å²) in [5.74, 6) is 1.12. The van der Waals surface area contributed by atoms with Crippen molar-refractivity contribution in [2.24, 2.45) is 0 Å². The van der Waals surface area contributed by atoms with Gasteiger partial charge in [0.05, 0.1) is 12.1 Å². The van der Waals surface area contributed by atoms with Crippen molar-refractivity contribution in [3.63, 3.8) is 0 Å². The van der Waals surface area contributed by atoms with Gasteiger partial charge in [-0.25, -0.2) is 0 Å². The predicted molar refractivity (Wildman–Crippen MR) is 111 cm³/mol. The number of rotatable bonds is 6. The highest BCUT2D eigenvalue weighted by Crippen LogP contribution is 2.27. The largest absolute Gasteiger partial charge is 0.419 e. The molecule has 140 valence electrons. The van der Waals surface area contributed by atoms with Crippen LogP contribution in [0.25, 0.3) is 11.5 Å². The number of aromatic nitrogens is 2. The molecule has 1 atom stereocenters. The van der Waals surface area contributed by atoms with Gasteiger partial charge in [0.1, 0.15) is 0 Å². The van der Waals surface area contributed by atoms with Gasteiger partial charge in [-0.15, -0.1) is 10.2 Å². The van der Waals surface area contributed by atoms with Gasteiger partial charge in [-0.05, 0) is 37.1 Å². The molecule has 0 aliphatic carbocycles. The lowest BCUT2D eigenvalue weighted by molar-refractivity contribution is 0.403. The molecule has 1 aromatic heterocycles. The van der Waals surface area contributed by atoms with Crippen molar-refractivity contribution in [2.75, 3.05) is 0 Å². The van der Waals surface area contributed by atoms with E-state index in [0.29, 0.717) is 11.8 Å². The van der Waals surface area contributed by atoms with Crippen LogP contribution in [0.2, 0.25) is 0 Å². The smallest absolute Gasteiger partial charge is 0.247 e. The van der Waals surface area contributed by atoms with E-state index in [1.807, 2.05) is 43.3 Å². The van der Waals surface area contributed by atoms with Crippen LogP contribution in [0.3, 0.4) is 0 Å². The van der Waals surface area contributed by atoms with Gasteiger partial charge in [0, 0.05) is 5.56 Å². The van der Waals surface area contributed by atoms with Gasteiger partial charge >= 0.3 is 0 Å². The van der Waals surface area contributed by atoms with Gasteiger partial charge in [0.25, 0.3) is 0 Å². The van der Waals surface area contributed by atoms with Gasteiger partial charge in [0.2, 0.25) is 11.8 Å². The summed E-state index contributed by atoms with van der Waals surface area (Å²) < 4.78 is 5.96. The zero-order valence-corrected chi connectivity index (χ0v) is 16.0. The van der Waals surface area contributed by atoms with Crippen molar-refractivity contribution in [1.82, 2.24) is 15.5 Å². The van der Waals surface area contributed by atoms with Gasteiger partial charge in [0.15, 0.2) is 0 Å². The highest BCUT2D eigenvalue weighted by molar-refractivity contribution is 5.52. The Morgan fingerprint density at radius 2 is 1.32 bits per heavy atom. The Bertz CT molecular complexity index is 971. The Kier molecular flexibility index (Phi) is 5.31. The van der Waals surface area contributed by atoms with E-state index < -0.39 is 0 Å². The standard InChI is InChI=1S/C24H23N3O/c1-17-13-15-21(16-14-17)24-27-26-23(28-24)18(2)25-22(19-9-5-3-6-10-19)20-11-7-4-8-12-20/h3-16,18,22,25H,1-2H3. The molecule has 28 heavy (non-hydrogen) atoms. The fourth-order valence-electron chi connectivity index (χ4n) is 3.22. The van der Waals surface area contributed by atoms with Crippen molar-refractivity contribution in [3.05, 3.63) is 108 Å². The first kappa shape index (κ1) is 18.1. The van der Waals surface area contributed by atoms with Crippen LogP contribution in [-0.4, -0.2) is 10.2 Å². The van der Waals surface area contributed by atoms with E-state index in [2.05, 4.69) is 71.0 Å². The van der Waals surface area contributed by atoms with Crippen molar-refractivity contribution in [3.8, 4) is 11.5 Å². The van der Waals surface area contributed by atoms with Crippen molar-refractivity contribution in [2.45, 2.75) is 25.9 Å². The van der Waals surface area contributed by atoms with E-state index in [1.165, 1.54) is 16.7 Å². The molecule has 0 fully saturated rings. The maximum absolute atomic E-state index is 5.96. The number of hydrogen-bond donors (Lipinski definition) is 1. The summed E-state index contributed by atoms with van der Waals surface area (Å²) >= 11 is 0. The molecule has 0 saturated heterocycles. The van der Waals surface area contributed by atoms with Gasteiger partial charge in [-0.2, -0.15) is 0 Å². The van der Waals surface area contributed by atoms with Crippen LogP contribution in [0.15, 0.2) is 89.3 Å². The lowest BCUT2D eigenvalue weighted by Crippen LogP contribution is -2.25. The molecular weight excluding hydrogens is 346 g/mol. The van der Waals surface area contributed by atoms with Crippen molar-refractivity contribution >= 4 is 0 Å². The molecule has 1 heterocycles. The first-order valence-electron chi connectivity index (χ1n) is 9.47. The summed E-state index contributed by atoms with van der Waals surface area (Å²) in [4.78, 5) is 0. The van der Waals surface area contributed by atoms with Crippen molar-refractivity contribution < 1.29 is 4.42 Å². The topological polar surface area (TPSA) is 51.0 Å². The molecule has 0 aliphatic rings. The molecule has 3 aromatic carbocycles. The van der Waals surface area contributed by atoms with Crippen LogP contribution >= 0.6 is 0 Å². The molecule has 0 amide bonds. The molecule has 4 nitrogen and oxygen atoms in total. The number of nitrogens with zero attached hydrogens (tertiary/aromatic N) is 2. The second kappa shape index (κ2) is 8.19. The Hall–Kier alpha value is -3.24. The molecule has 0 aliphatic heterocycles. The Morgan fingerprint density at radius 1 is 0.750 bits per heavy atom. The minimum atomic E-state index is -0.0999. The molecule has 4 rings (SSSR count). The lowest BCUT2D eigenvalue weighted by atomic mass is 9.98. The quantitative estimate of drug-likeness (QED) is 0.488. The Labute approximate surface area is 165 Å². The number of benzene rings is 3. The monoisotopic (exact) mass is 369 g/mol. The van der Waals surface area contributed by atoms with Gasteiger partial charge < -0.3 is 4.42 Å². The number of hydrogen-bond acceptors (Lipinski definition) is 4. The van der Waals surface area contributed by atoms with Gasteiger partial charge in [-0.3, -0.25) is 5.32 Å². The molecule has 0 bridgehead atoms. The van der Waals surface area contributed by atoms with E-state index in [9.17, 15) is 0 Å². The third-order valence-electron chi connectivity index (χ3n) is 4.79. The van der Waals surface area contributed by atoms with Crippen LogP contribution in [0.1, 0.15) is 41.6 Å². The normalized spacial score (nSPS) is 12.2. The first-order valence-corrected chi connectivity index (χ1v) is 9.47. The molecule has 0 radical (unpaired) electrons. The number of nitrogens with one attached hydrogen (secondary N) is 1. The molecule has 0 spiro atoms. The molecule has 0 saturated carbocycles. The highest BCUT2D eigenvalue weighted by atomic mass is 16.4. The molecule has 1 N–H and O–H groups in total. The average molecular weight is 369 g/mol. The maximum Gasteiger partial charge on any atom is 0.247 e. The SMILES string of the molecule is Cc1ccc(-c2nnc(C(C)NC(c3ccccc3)c3ccccc3)o2)cc1. The van der Waals surface area contributed by atoms with E-state index >= 15 is 0 Å². The van der Waals surface area contributed by atoms with E-state index in [1.54, 1.807) is 0 Å². The Morgan fingerprint density at radius 3 is 1.89 bits per heavy atom. The number of aryl methyl sites for hydroxylation is 1. The summed E-state index contributed by atoms with van der Waals surface area (Å²) in [6.07, 6.45) is 0.